The SMILES string of the molecule is CCCN(C(=O)NC(C)CC(=O)O)C1CC1. The van der Waals surface area contributed by atoms with E-state index in [4.69, 9.17) is 5.11 Å². The first-order chi connectivity index (χ1) is 7.54. The van der Waals surface area contributed by atoms with E-state index in [9.17, 15) is 9.59 Å². The molecule has 0 aromatic rings. The zero-order valence-electron chi connectivity index (χ0n) is 9.90. The number of carboxylic acid groups (broad SMARTS) is 1. The maximum Gasteiger partial charge on any atom is 0.317 e. The third-order valence-corrected chi connectivity index (χ3v) is 2.56. The van der Waals surface area contributed by atoms with Crippen molar-refractivity contribution in [1.82, 2.24) is 10.2 Å². The first-order valence-corrected chi connectivity index (χ1v) is 5.83. The van der Waals surface area contributed by atoms with Crippen molar-refractivity contribution in [2.45, 2.75) is 51.6 Å². The van der Waals surface area contributed by atoms with Crippen LogP contribution in [0.4, 0.5) is 4.79 Å². The van der Waals surface area contributed by atoms with Gasteiger partial charge in [0.2, 0.25) is 0 Å². The molecule has 1 fully saturated rings. The maximum absolute atomic E-state index is 11.8. The zero-order chi connectivity index (χ0) is 12.1. The molecule has 1 unspecified atom stereocenters. The first-order valence-electron chi connectivity index (χ1n) is 5.83. The van der Waals surface area contributed by atoms with Gasteiger partial charge in [0.1, 0.15) is 0 Å². The van der Waals surface area contributed by atoms with Crippen molar-refractivity contribution in [3.63, 3.8) is 0 Å². The number of nitrogens with one attached hydrogen (secondary N) is 1. The molecule has 1 aliphatic carbocycles. The lowest BCUT2D eigenvalue weighted by atomic mass is 10.2. The van der Waals surface area contributed by atoms with Crippen molar-refractivity contribution in [2.75, 3.05) is 6.54 Å². The summed E-state index contributed by atoms with van der Waals surface area (Å²) < 4.78 is 0. The predicted molar refractivity (Wildman–Crippen MR) is 60.3 cm³/mol. The molecule has 5 heteroatoms. The Morgan fingerprint density at radius 2 is 2.12 bits per heavy atom. The van der Waals surface area contributed by atoms with Gasteiger partial charge in [0.05, 0.1) is 6.42 Å². The van der Waals surface area contributed by atoms with Crippen LogP contribution in [-0.2, 0) is 4.79 Å². The predicted octanol–water partition coefficient (Wildman–Crippen LogP) is 1.43. The summed E-state index contributed by atoms with van der Waals surface area (Å²) in [6.45, 7) is 4.49. The Morgan fingerprint density at radius 3 is 2.56 bits per heavy atom. The highest BCUT2D eigenvalue weighted by Gasteiger charge is 2.32. The molecule has 2 N–H and O–H groups in total. The lowest BCUT2D eigenvalue weighted by Gasteiger charge is -2.24. The highest BCUT2D eigenvalue weighted by molar-refractivity contribution is 5.76. The molecule has 16 heavy (non-hydrogen) atoms. The summed E-state index contributed by atoms with van der Waals surface area (Å²) in [7, 11) is 0. The number of carbonyl (C=O) groups is 2. The molecule has 0 aromatic carbocycles. The van der Waals surface area contributed by atoms with Gasteiger partial charge in [-0.3, -0.25) is 4.79 Å². The van der Waals surface area contributed by atoms with Crippen molar-refractivity contribution >= 4 is 12.0 Å². The van der Waals surface area contributed by atoms with Gasteiger partial charge in [0, 0.05) is 18.6 Å². The van der Waals surface area contributed by atoms with E-state index in [2.05, 4.69) is 5.32 Å². The normalized spacial score (nSPS) is 16.6. The molecule has 1 saturated carbocycles. The minimum atomic E-state index is -0.888. The van der Waals surface area contributed by atoms with Gasteiger partial charge in [-0.15, -0.1) is 0 Å². The van der Waals surface area contributed by atoms with Crippen LogP contribution in [0, 0.1) is 0 Å². The Kier molecular flexibility index (Phi) is 4.58. The van der Waals surface area contributed by atoms with Gasteiger partial charge in [-0.25, -0.2) is 4.79 Å². The molecule has 1 atom stereocenters. The van der Waals surface area contributed by atoms with Crippen LogP contribution in [0.25, 0.3) is 0 Å². The van der Waals surface area contributed by atoms with Gasteiger partial charge in [-0.2, -0.15) is 0 Å². The Bertz CT molecular complexity index is 264. The molecule has 0 aromatic heterocycles. The molecule has 1 rings (SSSR count). The highest BCUT2D eigenvalue weighted by Crippen LogP contribution is 2.26. The quantitative estimate of drug-likeness (QED) is 0.722. The molecule has 0 bridgehead atoms. The fourth-order valence-electron chi connectivity index (χ4n) is 1.68. The molecule has 0 aliphatic heterocycles. The first kappa shape index (κ1) is 12.8. The molecule has 5 nitrogen and oxygen atoms in total. The van der Waals surface area contributed by atoms with Gasteiger partial charge < -0.3 is 15.3 Å². The summed E-state index contributed by atoms with van der Waals surface area (Å²) in [5.74, 6) is -0.888. The third kappa shape index (κ3) is 4.08. The zero-order valence-corrected chi connectivity index (χ0v) is 9.90. The van der Waals surface area contributed by atoms with Crippen molar-refractivity contribution in [1.29, 1.82) is 0 Å². The fraction of sp³-hybridized carbons (Fsp3) is 0.818. The average Bonchev–Trinajstić information content (AvgIpc) is 2.95. The van der Waals surface area contributed by atoms with E-state index in [1.807, 2.05) is 11.8 Å². The lowest BCUT2D eigenvalue weighted by Crippen LogP contribution is -2.45. The molecular weight excluding hydrogens is 208 g/mol. The Labute approximate surface area is 95.8 Å². The van der Waals surface area contributed by atoms with E-state index in [1.165, 1.54) is 0 Å². The number of nitrogens with zero attached hydrogens (tertiary/aromatic N) is 1. The molecule has 0 heterocycles. The number of urea groups is 1. The molecule has 0 spiro atoms. The van der Waals surface area contributed by atoms with E-state index >= 15 is 0 Å². The molecular formula is C11H20N2O3. The van der Waals surface area contributed by atoms with Crippen molar-refractivity contribution in [3.8, 4) is 0 Å². The number of amides is 2. The minimum absolute atomic E-state index is 0.0314. The smallest absolute Gasteiger partial charge is 0.317 e. The van der Waals surface area contributed by atoms with E-state index in [1.54, 1.807) is 6.92 Å². The van der Waals surface area contributed by atoms with Crippen LogP contribution in [0.1, 0.15) is 39.5 Å². The highest BCUT2D eigenvalue weighted by atomic mass is 16.4. The second-order valence-corrected chi connectivity index (χ2v) is 4.37. The number of carbonyl (C=O) groups excluding carboxylic acids is 1. The van der Waals surface area contributed by atoms with Gasteiger partial charge in [0.25, 0.3) is 0 Å². The molecule has 92 valence electrons. The second-order valence-electron chi connectivity index (χ2n) is 4.37. The standard InChI is InChI=1S/C11H20N2O3/c1-3-6-13(9-4-5-9)11(16)12-8(2)7-10(14)15/h8-9H,3-7H2,1-2H3,(H,12,16)(H,14,15). The number of hydrogen-bond acceptors (Lipinski definition) is 2. The Hall–Kier alpha value is -1.26. The number of aliphatic carboxylic acids is 1. The largest absolute Gasteiger partial charge is 0.481 e. The van der Waals surface area contributed by atoms with Crippen molar-refractivity contribution in [3.05, 3.63) is 0 Å². The van der Waals surface area contributed by atoms with E-state index < -0.39 is 5.97 Å². The second kappa shape index (κ2) is 5.72. The lowest BCUT2D eigenvalue weighted by molar-refractivity contribution is -0.137. The number of rotatable bonds is 6. The van der Waals surface area contributed by atoms with Crippen molar-refractivity contribution < 1.29 is 14.7 Å². The minimum Gasteiger partial charge on any atom is -0.481 e. The van der Waals surface area contributed by atoms with Gasteiger partial charge in [-0.1, -0.05) is 6.92 Å². The average molecular weight is 228 g/mol. The molecule has 1 aliphatic rings. The van der Waals surface area contributed by atoms with Crippen LogP contribution >= 0.6 is 0 Å². The monoisotopic (exact) mass is 228 g/mol. The van der Waals surface area contributed by atoms with Gasteiger partial charge in [-0.05, 0) is 26.2 Å². The van der Waals surface area contributed by atoms with Crippen LogP contribution in [-0.4, -0.2) is 40.6 Å². The van der Waals surface area contributed by atoms with Crippen LogP contribution in [0.3, 0.4) is 0 Å². The van der Waals surface area contributed by atoms with Crippen LogP contribution in [0.5, 0.6) is 0 Å². The fourth-order valence-corrected chi connectivity index (χ4v) is 1.68. The molecule has 0 saturated heterocycles. The maximum atomic E-state index is 11.8. The summed E-state index contributed by atoms with van der Waals surface area (Å²) in [5, 5.41) is 11.3. The van der Waals surface area contributed by atoms with Crippen LogP contribution < -0.4 is 5.32 Å². The number of hydrogen-bond donors (Lipinski definition) is 2. The van der Waals surface area contributed by atoms with Gasteiger partial charge >= 0.3 is 12.0 Å². The summed E-state index contributed by atoms with van der Waals surface area (Å²) in [6, 6.07) is -0.0711. The molecule has 0 radical (unpaired) electrons. The summed E-state index contributed by atoms with van der Waals surface area (Å²) in [5.41, 5.74) is 0. The van der Waals surface area contributed by atoms with Gasteiger partial charge in [0.15, 0.2) is 0 Å². The van der Waals surface area contributed by atoms with Crippen LogP contribution in [0.15, 0.2) is 0 Å². The van der Waals surface area contributed by atoms with E-state index in [-0.39, 0.29) is 18.5 Å². The summed E-state index contributed by atoms with van der Waals surface area (Å²) in [4.78, 5) is 24.1. The summed E-state index contributed by atoms with van der Waals surface area (Å²) in [6.07, 6.45) is 3.04. The van der Waals surface area contributed by atoms with Crippen molar-refractivity contribution in [2.24, 2.45) is 0 Å². The Morgan fingerprint density at radius 1 is 1.50 bits per heavy atom. The third-order valence-electron chi connectivity index (χ3n) is 2.56. The topological polar surface area (TPSA) is 69.6 Å². The number of carboxylic acids is 1. The van der Waals surface area contributed by atoms with Crippen LogP contribution in [0.2, 0.25) is 0 Å². The van der Waals surface area contributed by atoms with E-state index in [0.29, 0.717) is 6.04 Å². The summed E-state index contributed by atoms with van der Waals surface area (Å²) >= 11 is 0. The molecule has 2 amide bonds. The van der Waals surface area contributed by atoms with E-state index in [0.717, 1.165) is 25.8 Å². The Balaban J connectivity index is 2.38.